The Balaban J connectivity index is 1.92. The van der Waals surface area contributed by atoms with Crippen molar-refractivity contribution in [3.05, 3.63) is 89.0 Å². The lowest BCUT2D eigenvalue weighted by Gasteiger charge is -2.19. The van der Waals surface area contributed by atoms with Gasteiger partial charge in [-0.25, -0.2) is 9.59 Å². The third kappa shape index (κ3) is 5.38. The molecule has 1 aliphatic heterocycles. The summed E-state index contributed by atoms with van der Waals surface area (Å²) in [6.07, 6.45) is 0.220. The topological polar surface area (TPSA) is 101 Å². The highest BCUT2D eigenvalue weighted by Gasteiger charge is 2.24. The quantitative estimate of drug-likeness (QED) is 0.364. The molecule has 0 saturated carbocycles. The zero-order valence-corrected chi connectivity index (χ0v) is 19.3. The van der Waals surface area contributed by atoms with Crippen LogP contribution in [-0.4, -0.2) is 44.7 Å². The summed E-state index contributed by atoms with van der Waals surface area (Å²) in [5.74, 6) is 0.330. The fraction of sp³-hybridized carbons (Fsp3) is 0.185. The van der Waals surface area contributed by atoms with Crippen molar-refractivity contribution in [2.24, 2.45) is 0 Å². The average Bonchev–Trinajstić information content (AvgIpc) is 3.35. The van der Waals surface area contributed by atoms with Gasteiger partial charge in [-0.2, -0.15) is 0 Å². The van der Waals surface area contributed by atoms with Gasteiger partial charge in [0.05, 0.1) is 19.8 Å². The third-order valence-electron chi connectivity index (χ3n) is 5.42. The molecule has 0 aromatic heterocycles. The van der Waals surface area contributed by atoms with Crippen LogP contribution in [-0.2, 0) is 20.7 Å². The van der Waals surface area contributed by atoms with Crippen LogP contribution in [0.1, 0.15) is 16.7 Å². The van der Waals surface area contributed by atoms with E-state index in [0.717, 1.165) is 11.1 Å². The molecular formula is C27H24O8. The molecule has 0 saturated heterocycles. The molecular weight excluding hydrogens is 452 g/mol. The molecule has 0 unspecified atom stereocenters. The van der Waals surface area contributed by atoms with Crippen molar-refractivity contribution in [2.45, 2.75) is 6.42 Å². The maximum absolute atomic E-state index is 13.1. The molecule has 0 atom stereocenters. The van der Waals surface area contributed by atoms with E-state index < -0.39 is 18.5 Å². The Labute approximate surface area is 202 Å². The fourth-order valence-electron chi connectivity index (χ4n) is 3.83. The van der Waals surface area contributed by atoms with Crippen LogP contribution >= 0.6 is 0 Å². The van der Waals surface area contributed by atoms with Gasteiger partial charge >= 0.3 is 11.9 Å². The second-order valence-electron chi connectivity index (χ2n) is 7.62. The van der Waals surface area contributed by atoms with E-state index in [1.54, 1.807) is 24.3 Å². The van der Waals surface area contributed by atoms with E-state index in [1.807, 2.05) is 42.5 Å². The number of hydrogen-bond donors (Lipinski definition) is 1. The molecule has 3 aromatic carbocycles. The molecule has 0 spiro atoms. The zero-order valence-electron chi connectivity index (χ0n) is 19.3. The highest BCUT2D eigenvalue weighted by molar-refractivity contribution is 6.03. The van der Waals surface area contributed by atoms with Crippen molar-refractivity contribution in [2.75, 3.05) is 27.6 Å². The number of ether oxygens (including phenoxy) is 5. The van der Waals surface area contributed by atoms with Crippen LogP contribution in [0.25, 0.3) is 5.57 Å². The molecule has 35 heavy (non-hydrogen) atoms. The SMILES string of the molecule is COC(=O)/C(Cc1ccc2c(c1)OCO2)=C(/c1ccccc1)c1ccc(OC)cc1OCC(=O)O. The van der Waals surface area contributed by atoms with Gasteiger partial charge < -0.3 is 28.8 Å². The number of carboxylic acids is 1. The monoisotopic (exact) mass is 476 g/mol. The van der Waals surface area contributed by atoms with E-state index in [-0.39, 0.29) is 19.0 Å². The predicted octanol–water partition coefficient (Wildman–Crippen LogP) is 4.10. The molecule has 0 amide bonds. The van der Waals surface area contributed by atoms with Crippen molar-refractivity contribution in [1.29, 1.82) is 0 Å². The fourth-order valence-corrected chi connectivity index (χ4v) is 3.83. The van der Waals surface area contributed by atoms with Crippen LogP contribution in [0.15, 0.2) is 72.3 Å². The number of hydrogen-bond acceptors (Lipinski definition) is 7. The maximum Gasteiger partial charge on any atom is 0.341 e. The zero-order chi connectivity index (χ0) is 24.8. The molecule has 0 radical (unpaired) electrons. The van der Waals surface area contributed by atoms with E-state index in [2.05, 4.69) is 0 Å². The van der Waals surface area contributed by atoms with Crippen molar-refractivity contribution in [3.8, 4) is 23.0 Å². The van der Waals surface area contributed by atoms with Crippen LogP contribution in [0, 0.1) is 0 Å². The lowest BCUT2D eigenvalue weighted by molar-refractivity contribution is -0.139. The molecule has 8 nitrogen and oxygen atoms in total. The van der Waals surface area contributed by atoms with Gasteiger partial charge in [0.25, 0.3) is 0 Å². The molecule has 0 fully saturated rings. The predicted molar refractivity (Wildman–Crippen MR) is 127 cm³/mol. The molecule has 8 heteroatoms. The Morgan fingerprint density at radius 3 is 2.43 bits per heavy atom. The molecule has 4 rings (SSSR count). The van der Waals surface area contributed by atoms with Gasteiger partial charge in [-0.15, -0.1) is 0 Å². The summed E-state index contributed by atoms with van der Waals surface area (Å²) in [4.78, 5) is 24.4. The minimum atomic E-state index is -1.13. The molecule has 0 bridgehead atoms. The lowest BCUT2D eigenvalue weighted by atomic mass is 9.89. The van der Waals surface area contributed by atoms with Crippen molar-refractivity contribution < 1.29 is 38.4 Å². The minimum Gasteiger partial charge on any atom is -0.497 e. The number of methoxy groups -OCH3 is 2. The number of fused-ring (bicyclic) bond motifs is 1. The van der Waals surface area contributed by atoms with Gasteiger partial charge in [0.1, 0.15) is 11.5 Å². The summed E-state index contributed by atoms with van der Waals surface area (Å²) in [5.41, 5.74) is 2.99. The Bertz CT molecular complexity index is 1260. The normalized spacial score (nSPS) is 12.5. The first kappa shape index (κ1) is 23.7. The third-order valence-corrected chi connectivity index (χ3v) is 5.42. The van der Waals surface area contributed by atoms with Gasteiger partial charge in [-0.1, -0.05) is 36.4 Å². The van der Waals surface area contributed by atoms with E-state index in [0.29, 0.717) is 34.0 Å². The van der Waals surface area contributed by atoms with Crippen LogP contribution in [0.5, 0.6) is 23.0 Å². The van der Waals surface area contributed by atoms with Crippen molar-refractivity contribution in [3.63, 3.8) is 0 Å². The minimum absolute atomic E-state index is 0.143. The summed E-state index contributed by atoms with van der Waals surface area (Å²) in [7, 11) is 2.82. The Morgan fingerprint density at radius 1 is 0.943 bits per heavy atom. The number of carbonyl (C=O) groups excluding carboxylic acids is 1. The second-order valence-corrected chi connectivity index (χ2v) is 7.62. The van der Waals surface area contributed by atoms with Crippen molar-refractivity contribution >= 4 is 17.5 Å². The first-order valence-electron chi connectivity index (χ1n) is 10.8. The largest absolute Gasteiger partial charge is 0.497 e. The van der Waals surface area contributed by atoms with Crippen LogP contribution < -0.4 is 18.9 Å². The average molecular weight is 476 g/mol. The Morgan fingerprint density at radius 2 is 1.71 bits per heavy atom. The Hall–Kier alpha value is -4.46. The second kappa shape index (κ2) is 10.6. The van der Waals surface area contributed by atoms with E-state index in [9.17, 15) is 14.7 Å². The standard InChI is InChI=1S/C27H24O8/c1-31-19-9-10-20(23(14-19)33-15-25(28)29)26(18-6-4-3-5-7-18)21(27(30)32-2)12-17-8-11-22-24(13-17)35-16-34-22/h3-11,13-14H,12,15-16H2,1-2H3,(H,28,29)/b26-21-. The highest BCUT2D eigenvalue weighted by atomic mass is 16.7. The highest BCUT2D eigenvalue weighted by Crippen LogP contribution is 2.38. The number of benzene rings is 3. The lowest BCUT2D eigenvalue weighted by Crippen LogP contribution is -2.14. The number of esters is 1. The van der Waals surface area contributed by atoms with Gasteiger partial charge in [0, 0.05) is 23.6 Å². The van der Waals surface area contributed by atoms with Crippen molar-refractivity contribution in [1.82, 2.24) is 0 Å². The smallest absolute Gasteiger partial charge is 0.341 e. The van der Waals surface area contributed by atoms with Crippen LogP contribution in [0.4, 0.5) is 0 Å². The van der Waals surface area contributed by atoms with Gasteiger partial charge in [0.2, 0.25) is 6.79 Å². The van der Waals surface area contributed by atoms with Crippen LogP contribution in [0.3, 0.4) is 0 Å². The van der Waals surface area contributed by atoms with Gasteiger partial charge in [0.15, 0.2) is 18.1 Å². The first-order chi connectivity index (χ1) is 17.0. The number of rotatable bonds is 9. The molecule has 1 aliphatic rings. The molecule has 3 aromatic rings. The summed E-state index contributed by atoms with van der Waals surface area (Å²) in [6.45, 7) is -0.415. The van der Waals surface area contributed by atoms with Gasteiger partial charge in [-0.3, -0.25) is 0 Å². The summed E-state index contributed by atoms with van der Waals surface area (Å²) in [5, 5.41) is 9.19. The van der Waals surface area contributed by atoms with Gasteiger partial charge in [-0.05, 0) is 35.4 Å². The summed E-state index contributed by atoms with van der Waals surface area (Å²) < 4.78 is 27.0. The number of aliphatic carboxylic acids is 1. The van der Waals surface area contributed by atoms with Crippen LogP contribution in [0.2, 0.25) is 0 Å². The summed E-state index contributed by atoms with van der Waals surface area (Å²) in [6, 6.07) is 19.8. The maximum atomic E-state index is 13.1. The molecule has 1 heterocycles. The summed E-state index contributed by atoms with van der Waals surface area (Å²) >= 11 is 0. The van der Waals surface area contributed by atoms with E-state index >= 15 is 0 Å². The number of carboxylic acid groups (broad SMARTS) is 1. The molecule has 180 valence electrons. The molecule has 1 N–H and O–H groups in total. The molecule has 0 aliphatic carbocycles. The Kier molecular flexibility index (Phi) is 7.21. The van der Waals surface area contributed by atoms with E-state index in [1.165, 1.54) is 14.2 Å². The van der Waals surface area contributed by atoms with E-state index in [4.69, 9.17) is 23.7 Å². The number of carbonyl (C=O) groups is 2. The first-order valence-corrected chi connectivity index (χ1v) is 10.8.